The topological polar surface area (TPSA) is 23.8 Å². The maximum absolute atomic E-state index is 8.95. The highest BCUT2D eigenvalue weighted by Gasteiger charge is 2.22. The summed E-state index contributed by atoms with van der Waals surface area (Å²) < 4.78 is 0.920. The van der Waals surface area contributed by atoms with Crippen LogP contribution in [0.4, 0.5) is 0 Å². The van der Waals surface area contributed by atoms with Crippen LogP contribution in [0.2, 0.25) is 5.02 Å². The number of rotatable bonds is 1. The molecule has 0 saturated carbocycles. The Morgan fingerprint density at radius 3 is 2.62 bits per heavy atom. The molecule has 1 aromatic rings. The fraction of sp³-hybridized carbons (Fsp3) is 0.300. The van der Waals surface area contributed by atoms with E-state index in [-0.39, 0.29) is 0 Å². The Morgan fingerprint density at radius 2 is 2.08 bits per heavy atom. The van der Waals surface area contributed by atoms with E-state index in [1.54, 1.807) is 6.07 Å². The molecule has 0 saturated heterocycles. The lowest BCUT2D eigenvalue weighted by atomic mass is 9.86. The van der Waals surface area contributed by atoms with Crippen LogP contribution in [0.15, 0.2) is 22.7 Å². The summed E-state index contributed by atoms with van der Waals surface area (Å²) in [7, 11) is 0. The largest absolute Gasteiger partial charge is 0.197 e. The van der Waals surface area contributed by atoms with E-state index in [1.807, 2.05) is 26.0 Å². The molecule has 0 aliphatic heterocycles. The van der Waals surface area contributed by atoms with Crippen molar-refractivity contribution in [2.45, 2.75) is 19.3 Å². The Bertz CT molecular complexity index is 366. The lowest BCUT2D eigenvalue weighted by molar-refractivity contribution is 0.683. The van der Waals surface area contributed by atoms with Gasteiger partial charge in [0.1, 0.15) is 0 Å². The predicted octanol–water partition coefficient (Wildman–Crippen LogP) is 3.90. The van der Waals surface area contributed by atoms with Gasteiger partial charge in [-0.15, -0.1) is 0 Å². The van der Waals surface area contributed by atoms with E-state index in [2.05, 4.69) is 22.0 Å². The van der Waals surface area contributed by atoms with Crippen molar-refractivity contribution in [2.24, 2.45) is 0 Å². The van der Waals surface area contributed by atoms with Crippen LogP contribution >= 0.6 is 27.5 Å². The number of benzene rings is 1. The Balaban J connectivity index is 3.30. The third-order valence-electron chi connectivity index (χ3n) is 1.88. The first-order valence-corrected chi connectivity index (χ1v) is 5.01. The van der Waals surface area contributed by atoms with Gasteiger partial charge in [0.2, 0.25) is 0 Å². The number of halogens is 2. The summed E-state index contributed by atoms with van der Waals surface area (Å²) in [5, 5.41) is 9.60. The van der Waals surface area contributed by atoms with Crippen molar-refractivity contribution in [1.29, 1.82) is 5.26 Å². The van der Waals surface area contributed by atoms with E-state index in [4.69, 9.17) is 16.9 Å². The van der Waals surface area contributed by atoms with Gasteiger partial charge in [0.15, 0.2) is 0 Å². The molecule has 0 bridgehead atoms. The van der Waals surface area contributed by atoms with Gasteiger partial charge in [-0.2, -0.15) is 5.26 Å². The average molecular weight is 259 g/mol. The van der Waals surface area contributed by atoms with E-state index >= 15 is 0 Å². The van der Waals surface area contributed by atoms with E-state index in [0.717, 1.165) is 10.0 Å². The minimum Gasteiger partial charge on any atom is -0.197 e. The third-order valence-corrected chi connectivity index (χ3v) is 2.81. The highest BCUT2D eigenvalue weighted by atomic mass is 79.9. The molecule has 1 nitrogen and oxygen atoms in total. The Morgan fingerprint density at radius 1 is 1.46 bits per heavy atom. The molecule has 0 atom stereocenters. The Kier molecular flexibility index (Phi) is 3.00. The molecule has 0 unspecified atom stereocenters. The van der Waals surface area contributed by atoms with Gasteiger partial charge in [0.05, 0.1) is 11.5 Å². The molecule has 0 aromatic heterocycles. The molecular weight excluding hydrogens is 249 g/mol. The Hall–Kier alpha value is -0.520. The summed E-state index contributed by atoms with van der Waals surface area (Å²) >= 11 is 9.25. The summed E-state index contributed by atoms with van der Waals surface area (Å²) in [4.78, 5) is 0. The molecule has 0 radical (unpaired) electrons. The van der Waals surface area contributed by atoms with Crippen LogP contribution in [-0.4, -0.2) is 0 Å². The standard InChI is InChI=1S/C10H9BrClN/c1-10(2,6-13)8-5-7(12)3-4-9(8)11/h3-5H,1-2H3. The fourth-order valence-corrected chi connectivity index (χ4v) is 1.95. The minimum atomic E-state index is -0.510. The Labute approximate surface area is 91.5 Å². The smallest absolute Gasteiger partial charge is 0.0777 e. The normalized spacial score (nSPS) is 11.0. The number of nitriles is 1. The van der Waals surface area contributed by atoms with Crippen LogP contribution in [0, 0.1) is 11.3 Å². The molecule has 0 heterocycles. The van der Waals surface area contributed by atoms with Gasteiger partial charge in [-0.1, -0.05) is 27.5 Å². The summed E-state index contributed by atoms with van der Waals surface area (Å²) in [6.07, 6.45) is 0. The van der Waals surface area contributed by atoms with E-state index in [9.17, 15) is 0 Å². The number of hydrogen-bond acceptors (Lipinski definition) is 1. The van der Waals surface area contributed by atoms with Crippen LogP contribution in [0.3, 0.4) is 0 Å². The molecule has 1 aromatic carbocycles. The van der Waals surface area contributed by atoms with Crippen molar-refractivity contribution in [2.75, 3.05) is 0 Å². The van der Waals surface area contributed by atoms with E-state index < -0.39 is 5.41 Å². The first-order chi connectivity index (χ1) is 5.97. The molecule has 1 rings (SSSR count). The quantitative estimate of drug-likeness (QED) is 0.749. The van der Waals surface area contributed by atoms with Gasteiger partial charge in [-0.3, -0.25) is 0 Å². The molecule has 0 fully saturated rings. The van der Waals surface area contributed by atoms with Crippen LogP contribution in [-0.2, 0) is 5.41 Å². The first kappa shape index (κ1) is 10.6. The van der Waals surface area contributed by atoms with Crippen molar-refractivity contribution >= 4 is 27.5 Å². The third kappa shape index (κ3) is 2.24. The zero-order valence-electron chi connectivity index (χ0n) is 7.44. The zero-order chi connectivity index (χ0) is 10.1. The first-order valence-electron chi connectivity index (χ1n) is 3.84. The summed E-state index contributed by atoms with van der Waals surface area (Å²) in [5.41, 5.74) is 0.409. The van der Waals surface area contributed by atoms with Crippen LogP contribution in [0.1, 0.15) is 19.4 Å². The highest BCUT2D eigenvalue weighted by molar-refractivity contribution is 9.10. The molecule has 0 aliphatic rings. The molecule has 0 aliphatic carbocycles. The molecular formula is C10H9BrClN. The molecule has 0 spiro atoms. The second kappa shape index (κ2) is 3.69. The zero-order valence-corrected chi connectivity index (χ0v) is 9.78. The van der Waals surface area contributed by atoms with Crippen LogP contribution in [0.25, 0.3) is 0 Å². The average Bonchev–Trinajstić information content (AvgIpc) is 2.09. The van der Waals surface area contributed by atoms with Crippen molar-refractivity contribution in [3.63, 3.8) is 0 Å². The second-order valence-electron chi connectivity index (χ2n) is 3.36. The molecule has 13 heavy (non-hydrogen) atoms. The fourth-order valence-electron chi connectivity index (χ4n) is 1.04. The van der Waals surface area contributed by atoms with Gasteiger partial charge in [-0.05, 0) is 37.6 Å². The van der Waals surface area contributed by atoms with Gasteiger partial charge >= 0.3 is 0 Å². The second-order valence-corrected chi connectivity index (χ2v) is 4.65. The van der Waals surface area contributed by atoms with Crippen LogP contribution in [0.5, 0.6) is 0 Å². The van der Waals surface area contributed by atoms with Gasteiger partial charge < -0.3 is 0 Å². The van der Waals surface area contributed by atoms with Gasteiger partial charge in [0, 0.05) is 9.50 Å². The maximum atomic E-state index is 8.95. The van der Waals surface area contributed by atoms with Crippen molar-refractivity contribution in [3.8, 4) is 6.07 Å². The maximum Gasteiger partial charge on any atom is 0.0777 e. The lowest BCUT2D eigenvalue weighted by Crippen LogP contribution is -2.14. The summed E-state index contributed by atoms with van der Waals surface area (Å²) in [5.74, 6) is 0. The molecule has 0 amide bonds. The van der Waals surface area contributed by atoms with Crippen LogP contribution < -0.4 is 0 Å². The summed E-state index contributed by atoms with van der Waals surface area (Å²) in [6, 6.07) is 7.70. The number of nitrogens with zero attached hydrogens (tertiary/aromatic N) is 1. The van der Waals surface area contributed by atoms with E-state index in [1.165, 1.54) is 0 Å². The lowest BCUT2D eigenvalue weighted by Gasteiger charge is -2.17. The molecule has 0 N–H and O–H groups in total. The van der Waals surface area contributed by atoms with Crippen molar-refractivity contribution < 1.29 is 0 Å². The van der Waals surface area contributed by atoms with E-state index in [0.29, 0.717) is 5.02 Å². The monoisotopic (exact) mass is 257 g/mol. The van der Waals surface area contributed by atoms with Crippen molar-refractivity contribution in [1.82, 2.24) is 0 Å². The SMILES string of the molecule is CC(C)(C#N)c1cc(Cl)ccc1Br. The molecule has 3 heteroatoms. The van der Waals surface area contributed by atoms with Gasteiger partial charge in [0.25, 0.3) is 0 Å². The van der Waals surface area contributed by atoms with Crippen molar-refractivity contribution in [3.05, 3.63) is 33.3 Å². The highest BCUT2D eigenvalue weighted by Crippen LogP contribution is 2.31. The number of hydrogen-bond donors (Lipinski definition) is 0. The summed E-state index contributed by atoms with van der Waals surface area (Å²) in [6.45, 7) is 3.73. The predicted molar refractivity (Wildman–Crippen MR) is 57.8 cm³/mol. The van der Waals surface area contributed by atoms with Gasteiger partial charge in [-0.25, -0.2) is 0 Å². The molecule has 68 valence electrons. The minimum absolute atomic E-state index is 0.510.